The lowest BCUT2D eigenvalue weighted by Gasteiger charge is -2.34. The van der Waals surface area contributed by atoms with Crippen molar-refractivity contribution >= 4 is 0 Å². The molecule has 1 aromatic carbocycles. The molecule has 1 saturated carbocycles. The summed E-state index contributed by atoms with van der Waals surface area (Å²) in [5, 5.41) is 7.90. The smallest absolute Gasteiger partial charge is 0.137 e. The molecule has 118 valence electrons. The van der Waals surface area contributed by atoms with Crippen molar-refractivity contribution in [1.82, 2.24) is 20.1 Å². The Morgan fingerprint density at radius 2 is 1.91 bits per heavy atom. The Balaban J connectivity index is 1.52. The molecule has 4 nitrogen and oxygen atoms in total. The monoisotopic (exact) mass is 298 g/mol. The average molecular weight is 298 g/mol. The summed E-state index contributed by atoms with van der Waals surface area (Å²) in [5.41, 5.74) is 2.61. The Morgan fingerprint density at radius 3 is 2.64 bits per heavy atom. The maximum Gasteiger partial charge on any atom is 0.137 e. The Bertz CT molecular complexity index is 561. The minimum Gasteiger partial charge on any atom is -0.310 e. The molecule has 0 saturated heterocycles. The molecule has 3 rings (SSSR count). The normalized spacial score (nSPS) is 25.3. The second-order valence-corrected chi connectivity index (χ2v) is 6.66. The lowest BCUT2D eigenvalue weighted by atomic mass is 9.78. The lowest BCUT2D eigenvalue weighted by molar-refractivity contribution is 0.206. The van der Waals surface area contributed by atoms with Gasteiger partial charge in [0.25, 0.3) is 0 Å². The quantitative estimate of drug-likeness (QED) is 0.921. The molecule has 0 spiro atoms. The number of hydrogen-bond acceptors (Lipinski definition) is 3. The van der Waals surface area contributed by atoms with Gasteiger partial charge in [-0.3, -0.25) is 0 Å². The fourth-order valence-corrected chi connectivity index (χ4v) is 3.38. The van der Waals surface area contributed by atoms with Crippen LogP contribution in [0.2, 0.25) is 0 Å². The number of nitrogens with zero attached hydrogens (tertiary/aromatic N) is 3. The van der Waals surface area contributed by atoms with E-state index in [9.17, 15) is 0 Å². The first-order valence-electron chi connectivity index (χ1n) is 8.36. The Kier molecular flexibility index (Phi) is 4.88. The number of hydrogen-bond donors (Lipinski definition) is 1. The minimum atomic E-state index is 0.665. The fourth-order valence-electron chi connectivity index (χ4n) is 3.38. The van der Waals surface area contributed by atoms with E-state index in [1.165, 1.54) is 30.4 Å². The number of nitrogens with one attached hydrogen (secondary N) is 1. The molecule has 1 aromatic heterocycles. The van der Waals surface area contributed by atoms with E-state index in [0.717, 1.165) is 24.9 Å². The van der Waals surface area contributed by atoms with Crippen LogP contribution >= 0.6 is 0 Å². The molecule has 3 atom stereocenters. The van der Waals surface area contributed by atoms with Crippen molar-refractivity contribution in [3.63, 3.8) is 0 Å². The van der Waals surface area contributed by atoms with Crippen molar-refractivity contribution in [1.29, 1.82) is 0 Å². The second-order valence-electron chi connectivity index (χ2n) is 6.66. The van der Waals surface area contributed by atoms with E-state index in [2.05, 4.69) is 53.5 Å². The standard InChI is InChI=1S/C18H26N4/c1-14-4-3-5-18(15(14)2)20-10-16-6-8-17(9-7-16)11-22-13-19-12-21-22/h6-9,12-15,18,20H,3-5,10-11H2,1-2H3. The zero-order valence-electron chi connectivity index (χ0n) is 13.6. The van der Waals surface area contributed by atoms with E-state index in [1.54, 1.807) is 12.7 Å². The van der Waals surface area contributed by atoms with Gasteiger partial charge in [0.05, 0.1) is 6.54 Å². The maximum atomic E-state index is 4.14. The van der Waals surface area contributed by atoms with Gasteiger partial charge >= 0.3 is 0 Å². The molecule has 0 bridgehead atoms. The number of benzene rings is 1. The topological polar surface area (TPSA) is 42.7 Å². The largest absolute Gasteiger partial charge is 0.310 e. The molecule has 0 radical (unpaired) electrons. The summed E-state index contributed by atoms with van der Waals surface area (Å²) in [4.78, 5) is 3.97. The molecule has 1 aliphatic carbocycles. The highest BCUT2D eigenvalue weighted by Gasteiger charge is 2.26. The fraction of sp³-hybridized carbons (Fsp3) is 0.556. The first-order chi connectivity index (χ1) is 10.7. The Labute approximate surface area is 133 Å². The van der Waals surface area contributed by atoms with Gasteiger partial charge in [0, 0.05) is 12.6 Å². The third kappa shape index (κ3) is 3.74. The van der Waals surface area contributed by atoms with E-state index in [0.29, 0.717) is 6.04 Å². The SMILES string of the molecule is CC1CCCC(NCc2ccc(Cn3cncn3)cc2)C1C. The third-order valence-corrected chi connectivity index (χ3v) is 5.11. The van der Waals surface area contributed by atoms with E-state index in [4.69, 9.17) is 0 Å². The summed E-state index contributed by atoms with van der Waals surface area (Å²) >= 11 is 0. The first kappa shape index (κ1) is 15.2. The van der Waals surface area contributed by atoms with E-state index >= 15 is 0 Å². The van der Waals surface area contributed by atoms with E-state index in [-0.39, 0.29) is 0 Å². The van der Waals surface area contributed by atoms with Crippen molar-refractivity contribution in [3.8, 4) is 0 Å². The van der Waals surface area contributed by atoms with Gasteiger partial charge in [0.15, 0.2) is 0 Å². The van der Waals surface area contributed by atoms with Crippen molar-refractivity contribution in [2.24, 2.45) is 11.8 Å². The summed E-state index contributed by atoms with van der Waals surface area (Å²) < 4.78 is 1.85. The molecule has 3 unspecified atom stereocenters. The summed E-state index contributed by atoms with van der Waals surface area (Å²) in [6.07, 6.45) is 7.39. The van der Waals surface area contributed by atoms with Gasteiger partial charge in [-0.25, -0.2) is 9.67 Å². The van der Waals surface area contributed by atoms with Crippen LogP contribution in [0.15, 0.2) is 36.9 Å². The summed E-state index contributed by atoms with van der Waals surface area (Å²) in [7, 11) is 0. The van der Waals surface area contributed by atoms with Crippen LogP contribution in [0.25, 0.3) is 0 Å². The molecule has 4 heteroatoms. The summed E-state index contributed by atoms with van der Waals surface area (Å²) in [6.45, 7) is 6.52. The predicted octanol–water partition coefficient (Wildman–Crippen LogP) is 3.24. The zero-order chi connectivity index (χ0) is 15.4. The molecule has 0 aliphatic heterocycles. The predicted molar refractivity (Wildman–Crippen MR) is 88.4 cm³/mol. The van der Waals surface area contributed by atoms with Crippen LogP contribution in [0, 0.1) is 11.8 Å². The van der Waals surface area contributed by atoms with Crippen LogP contribution in [0.4, 0.5) is 0 Å². The van der Waals surface area contributed by atoms with Crippen LogP contribution in [-0.2, 0) is 13.1 Å². The van der Waals surface area contributed by atoms with Crippen molar-refractivity contribution in [2.75, 3.05) is 0 Å². The molecule has 22 heavy (non-hydrogen) atoms. The molecular formula is C18H26N4. The van der Waals surface area contributed by atoms with Crippen LogP contribution in [0.3, 0.4) is 0 Å². The lowest BCUT2D eigenvalue weighted by Crippen LogP contribution is -2.40. The summed E-state index contributed by atoms with van der Waals surface area (Å²) in [6, 6.07) is 9.47. The number of rotatable bonds is 5. The van der Waals surface area contributed by atoms with E-state index < -0.39 is 0 Å². The molecular weight excluding hydrogens is 272 g/mol. The molecule has 2 aromatic rings. The first-order valence-corrected chi connectivity index (χ1v) is 8.36. The van der Waals surface area contributed by atoms with Crippen LogP contribution in [0.5, 0.6) is 0 Å². The van der Waals surface area contributed by atoms with Crippen LogP contribution in [0.1, 0.15) is 44.2 Å². The van der Waals surface area contributed by atoms with Crippen molar-refractivity contribution < 1.29 is 0 Å². The summed E-state index contributed by atoms with van der Waals surface area (Å²) in [5.74, 6) is 1.62. The van der Waals surface area contributed by atoms with Gasteiger partial charge in [0.1, 0.15) is 12.7 Å². The third-order valence-electron chi connectivity index (χ3n) is 5.11. The number of aromatic nitrogens is 3. The van der Waals surface area contributed by atoms with E-state index in [1.807, 2.05) is 4.68 Å². The average Bonchev–Trinajstić information content (AvgIpc) is 3.03. The van der Waals surface area contributed by atoms with Gasteiger partial charge in [-0.15, -0.1) is 0 Å². The van der Waals surface area contributed by atoms with Gasteiger partial charge in [-0.2, -0.15) is 5.10 Å². The molecule has 1 fully saturated rings. The van der Waals surface area contributed by atoms with Gasteiger partial charge in [0.2, 0.25) is 0 Å². The molecule has 1 heterocycles. The van der Waals surface area contributed by atoms with Gasteiger partial charge in [-0.05, 0) is 29.4 Å². The van der Waals surface area contributed by atoms with Gasteiger partial charge < -0.3 is 5.32 Å². The van der Waals surface area contributed by atoms with Crippen molar-refractivity contribution in [3.05, 3.63) is 48.0 Å². The van der Waals surface area contributed by atoms with Crippen LogP contribution in [-0.4, -0.2) is 20.8 Å². The van der Waals surface area contributed by atoms with Crippen molar-refractivity contribution in [2.45, 2.75) is 52.2 Å². The second kappa shape index (κ2) is 7.05. The van der Waals surface area contributed by atoms with Crippen LogP contribution < -0.4 is 5.32 Å². The zero-order valence-corrected chi connectivity index (χ0v) is 13.6. The Hall–Kier alpha value is -1.68. The molecule has 1 aliphatic rings. The highest BCUT2D eigenvalue weighted by atomic mass is 15.3. The highest BCUT2D eigenvalue weighted by Crippen LogP contribution is 2.29. The Morgan fingerprint density at radius 1 is 1.14 bits per heavy atom. The maximum absolute atomic E-state index is 4.14. The molecule has 1 N–H and O–H groups in total. The van der Waals surface area contributed by atoms with Gasteiger partial charge in [-0.1, -0.05) is 51.0 Å². The molecule has 0 amide bonds. The minimum absolute atomic E-state index is 0.665. The highest BCUT2D eigenvalue weighted by molar-refractivity contribution is 5.22.